The van der Waals surface area contributed by atoms with Gasteiger partial charge in [-0.15, -0.1) is 0 Å². The van der Waals surface area contributed by atoms with Gasteiger partial charge in [0, 0.05) is 35.9 Å². The molecule has 0 bridgehead atoms. The lowest BCUT2D eigenvalue weighted by Crippen LogP contribution is -2.56. The highest BCUT2D eigenvalue weighted by atomic mass is 35.5. The summed E-state index contributed by atoms with van der Waals surface area (Å²) in [6.07, 6.45) is 0.820. The van der Waals surface area contributed by atoms with Crippen LogP contribution in [-0.4, -0.2) is 34.7 Å². The number of rotatable bonds is 4. The zero-order chi connectivity index (χ0) is 21.2. The Bertz CT molecular complexity index is 845. The summed E-state index contributed by atoms with van der Waals surface area (Å²) in [5.74, 6) is 0. The minimum Gasteiger partial charge on any atom is -0.465 e. The van der Waals surface area contributed by atoms with Gasteiger partial charge in [0.25, 0.3) is 0 Å². The van der Waals surface area contributed by atoms with Gasteiger partial charge in [-0.25, -0.2) is 4.79 Å². The fraction of sp³-hybridized carbons (Fsp3) is 0.458. The topological polar surface area (TPSA) is 43.8 Å². The molecule has 29 heavy (non-hydrogen) atoms. The molecule has 3 rings (SSSR count). The third-order valence-corrected chi connectivity index (χ3v) is 6.11. The molecule has 156 valence electrons. The summed E-state index contributed by atoms with van der Waals surface area (Å²) >= 11 is 6.07. The van der Waals surface area contributed by atoms with Crippen molar-refractivity contribution in [1.29, 1.82) is 0 Å². The van der Waals surface area contributed by atoms with E-state index in [0.717, 1.165) is 24.4 Å². The highest BCUT2D eigenvalue weighted by Crippen LogP contribution is 2.36. The van der Waals surface area contributed by atoms with Crippen LogP contribution in [0.5, 0.6) is 0 Å². The van der Waals surface area contributed by atoms with E-state index in [1.807, 2.05) is 12.1 Å². The molecule has 0 aromatic heterocycles. The highest BCUT2D eigenvalue weighted by Gasteiger charge is 2.40. The zero-order valence-corrected chi connectivity index (χ0v) is 18.5. The molecule has 2 aromatic rings. The first kappa shape index (κ1) is 21.5. The molecule has 5 heteroatoms. The van der Waals surface area contributed by atoms with E-state index in [2.05, 4.69) is 69.0 Å². The fourth-order valence-corrected chi connectivity index (χ4v) is 4.43. The summed E-state index contributed by atoms with van der Waals surface area (Å²) in [5.41, 5.74) is 3.49. The maximum Gasteiger partial charge on any atom is 0.407 e. The molecule has 2 unspecified atom stereocenters. The maximum atomic E-state index is 11.8. The number of piperidine rings is 1. The van der Waals surface area contributed by atoms with Crippen LogP contribution in [0.15, 0.2) is 48.5 Å². The van der Waals surface area contributed by atoms with Gasteiger partial charge in [0.15, 0.2) is 0 Å². The molecule has 0 aliphatic carbocycles. The zero-order valence-electron chi connectivity index (χ0n) is 17.7. The number of likely N-dealkylation sites (tertiary alicyclic amines) is 1. The number of carbonyl (C=O) groups is 1. The van der Waals surface area contributed by atoms with Gasteiger partial charge in [-0.05, 0) is 60.6 Å². The van der Waals surface area contributed by atoms with Crippen molar-refractivity contribution in [1.82, 2.24) is 4.90 Å². The summed E-state index contributed by atoms with van der Waals surface area (Å²) in [6.45, 7) is 9.83. The second-order valence-corrected chi connectivity index (χ2v) is 9.57. The normalized spacial score (nSPS) is 19.8. The first-order valence-corrected chi connectivity index (χ1v) is 10.6. The van der Waals surface area contributed by atoms with Gasteiger partial charge >= 0.3 is 6.09 Å². The Morgan fingerprint density at radius 1 is 1.21 bits per heavy atom. The van der Waals surface area contributed by atoms with Gasteiger partial charge in [-0.3, -0.25) is 0 Å². The average molecular weight is 415 g/mol. The Hall–Kier alpha value is -2.20. The smallest absolute Gasteiger partial charge is 0.407 e. The Kier molecular flexibility index (Phi) is 6.42. The van der Waals surface area contributed by atoms with Crippen LogP contribution in [-0.2, 0) is 6.54 Å². The van der Waals surface area contributed by atoms with Crippen LogP contribution in [0, 0.1) is 12.3 Å². The lowest BCUT2D eigenvalue weighted by atomic mass is 9.78. The van der Waals surface area contributed by atoms with Crippen molar-refractivity contribution in [3.63, 3.8) is 0 Å². The molecule has 0 saturated carbocycles. The Morgan fingerprint density at radius 2 is 1.90 bits per heavy atom. The number of hydrogen-bond acceptors (Lipinski definition) is 2. The molecular weight excluding hydrogens is 384 g/mol. The summed E-state index contributed by atoms with van der Waals surface area (Å²) in [4.78, 5) is 15.9. The standard InChI is InChI=1S/C24H31ClN2O2/c1-17-6-5-7-20(14-17)27(16-18-8-10-19(25)11-9-18)21-12-13-26(23(28)29)22(15-21)24(2,3)4/h5-11,14,21-22H,12-13,15-16H2,1-4H3,(H,28,29). The predicted octanol–water partition coefficient (Wildman–Crippen LogP) is 6.21. The van der Waals surface area contributed by atoms with Crippen LogP contribution in [0.3, 0.4) is 0 Å². The number of amides is 1. The predicted molar refractivity (Wildman–Crippen MR) is 120 cm³/mol. The van der Waals surface area contributed by atoms with Crippen molar-refractivity contribution in [2.24, 2.45) is 5.41 Å². The first-order valence-electron chi connectivity index (χ1n) is 10.2. The molecule has 1 saturated heterocycles. The fourth-order valence-electron chi connectivity index (χ4n) is 4.30. The minimum atomic E-state index is -0.816. The van der Waals surface area contributed by atoms with Gasteiger partial charge in [0.2, 0.25) is 0 Å². The molecular formula is C24H31ClN2O2. The van der Waals surface area contributed by atoms with Crippen LogP contribution < -0.4 is 4.90 Å². The van der Waals surface area contributed by atoms with Crippen molar-refractivity contribution < 1.29 is 9.90 Å². The number of benzene rings is 2. The van der Waals surface area contributed by atoms with Crippen LogP contribution in [0.1, 0.15) is 44.7 Å². The molecule has 1 aliphatic rings. The summed E-state index contributed by atoms with van der Waals surface area (Å²) in [5, 5.41) is 10.4. The third-order valence-electron chi connectivity index (χ3n) is 5.86. The number of hydrogen-bond donors (Lipinski definition) is 1. The molecule has 1 amide bonds. The molecule has 0 radical (unpaired) electrons. The highest BCUT2D eigenvalue weighted by molar-refractivity contribution is 6.30. The van der Waals surface area contributed by atoms with Gasteiger partial charge in [0.05, 0.1) is 0 Å². The molecule has 0 spiro atoms. The van der Waals surface area contributed by atoms with Crippen LogP contribution >= 0.6 is 11.6 Å². The largest absolute Gasteiger partial charge is 0.465 e. The SMILES string of the molecule is Cc1cccc(N(Cc2ccc(Cl)cc2)C2CCN(C(=O)O)C(C(C)(C)C)C2)c1. The first-order chi connectivity index (χ1) is 13.6. The molecule has 2 aromatic carbocycles. The van der Waals surface area contributed by atoms with E-state index in [9.17, 15) is 9.90 Å². The Labute approximate surface area is 179 Å². The lowest BCUT2D eigenvalue weighted by molar-refractivity contribution is 0.0520. The van der Waals surface area contributed by atoms with E-state index in [1.54, 1.807) is 4.90 Å². The number of aryl methyl sites for hydroxylation is 1. The molecule has 2 atom stereocenters. The molecule has 4 nitrogen and oxygen atoms in total. The Balaban J connectivity index is 1.93. The minimum absolute atomic E-state index is 0.0173. The summed E-state index contributed by atoms with van der Waals surface area (Å²) in [6, 6.07) is 16.8. The summed E-state index contributed by atoms with van der Waals surface area (Å²) < 4.78 is 0. The van der Waals surface area contributed by atoms with E-state index in [4.69, 9.17) is 11.6 Å². The van der Waals surface area contributed by atoms with Gasteiger partial charge in [-0.2, -0.15) is 0 Å². The van der Waals surface area contributed by atoms with Crippen LogP contribution in [0.4, 0.5) is 10.5 Å². The van der Waals surface area contributed by atoms with E-state index in [1.165, 1.54) is 16.8 Å². The van der Waals surface area contributed by atoms with Crippen molar-refractivity contribution >= 4 is 23.4 Å². The average Bonchev–Trinajstić information content (AvgIpc) is 2.66. The maximum absolute atomic E-state index is 11.8. The van der Waals surface area contributed by atoms with E-state index < -0.39 is 6.09 Å². The van der Waals surface area contributed by atoms with Crippen molar-refractivity contribution in [2.75, 3.05) is 11.4 Å². The van der Waals surface area contributed by atoms with E-state index in [0.29, 0.717) is 6.54 Å². The lowest BCUT2D eigenvalue weighted by Gasteiger charge is -2.48. The van der Waals surface area contributed by atoms with Crippen molar-refractivity contribution in [3.8, 4) is 0 Å². The van der Waals surface area contributed by atoms with Crippen molar-refractivity contribution in [3.05, 3.63) is 64.7 Å². The second kappa shape index (κ2) is 8.66. The quantitative estimate of drug-likeness (QED) is 0.646. The van der Waals surface area contributed by atoms with Crippen LogP contribution in [0.2, 0.25) is 5.02 Å². The van der Waals surface area contributed by atoms with E-state index in [-0.39, 0.29) is 17.5 Å². The molecule has 1 fully saturated rings. The van der Waals surface area contributed by atoms with Crippen LogP contribution in [0.25, 0.3) is 0 Å². The van der Waals surface area contributed by atoms with Crippen molar-refractivity contribution in [2.45, 2.75) is 59.2 Å². The van der Waals surface area contributed by atoms with E-state index >= 15 is 0 Å². The second-order valence-electron chi connectivity index (χ2n) is 9.13. The number of halogens is 1. The number of anilines is 1. The summed E-state index contributed by atoms with van der Waals surface area (Å²) in [7, 11) is 0. The van der Waals surface area contributed by atoms with Gasteiger partial charge in [-0.1, -0.05) is 56.6 Å². The molecule has 1 N–H and O–H groups in total. The molecule has 1 heterocycles. The number of nitrogens with zero attached hydrogens (tertiary/aromatic N) is 2. The third kappa shape index (κ3) is 5.24. The molecule has 1 aliphatic heterocycles. The van der Waals surface area contributed by atoms with Gasteiger partial charge in [0.1, 0.15) is 0 Å². The van der Waals surface area contributed by atoms with Gasteiger partial charge < -0.3 is 14.9 Å². The number of carboxylic acid groups (broad SMARTS) is 1. The monoisotopic (exact) mass is 414 g/mol. The Morgan fingerprint density at radius 3 is 2.48 bits per heavy atom.